The lowest BCUT2D eigenvalue weighted by Gasteiger charge is -2.32. The van der Waals surface area contributed by atoms with Crippen LogP contribution in [0.4, 0.5) is 0 Å². The highest BCUT2D eigenvalue weighted by atomic mass is 15.3. The Bertz CT molecular complexity index is 377. The normalized spacial score (nSPS) is 18.1. The van der Waals surface area contributed by atoms with Crippen molar-refractivity contribution in [2.24, 2.45) is 0 Å². The van der Waals surface area contributed by atoms with Gasteiger partial charge in [-0.15, -0.1) is 0 Å². The number of aromatic nitrogens is 2. The van der Waals surface area contributed by atoms with E-state index in [0.29, 0.717) is 0 Å². The summed E-state index contributed by atoms with van der Waals surface area (Å²) in [5.74, 6) is 0. The number of piperidine rings is 1. The number of rotatable bonds is 6. The number of nitrogens with zero attached hydrogens (tertiary/aromatic N) is 3. The summed E-state index contributed by atoms with van der Waals surface area (Å²) in [7, 11) is 0. The van der Waals surface area contributed by atoms with Crippen LogP contribution in [0.5, 0.6) is 0 Å². The highest BCUT2D eigenvalue weighted by molar-refractivity contribution is 5.10. The largest absolute Gasteiger partial charge is 0.314 e. The topological polar surface area (TPSA) is 33.1 Å². The second-order valence-electron chi connectivity index (χ2n) is 5.40. The standard InChI is InChI=1S/C15H28N4/c1-4-13-11-15(19(6-3)17-13)12-18-9-7-14(8-10-18)16-5-2/h11,14,16H,4-10,12H2,1-3H3. The molecule has 1 fully saturated rings. The first-order valence-electron chi connectivity index (χ1n) is 7.78. The minimum atomic E-state index is 0.725. The summed E-state index contributed by atoms with van der Waals surface area (Å²) in [6, 6.07) is 3.00. The van der Waals surface area contributed by atoms with Crippen LogP contribution in [0, 0.1) is 0 Å². The summed E-state index contributed by atoms with van der Waals surface area (Å²) in [6.45, 7) is 12.1. The van der Waals surface area contributed by atoms with Crippen LogP contribution in [0.2, 0.25) is 0 Å². The molecule has 4 nitrogen and oxygen atoms in total. The van der Waals surface area contributed by atoms with Gasteiger partial charge in [-0.2, -0.15) is 5.10 Å². The van der Waals surface area contributed by atoms with Crippen LogP contribution in [0.25, 0.3) is 0 Å². The van der Waals surface area contributed by atoms with Gasteiger partial charge in [-0.05, 0) is 38.8 Å². The third-order valence-corrected chi connectivity index (χ3v) is 4.04. The summed E-state index contributed by atoms with van der Waals surface area (Å²) in [4.78, 5) is 2.57. The number of likely N-dealkylation sites (tertiary alicyclic amines) is 1. The number of aryl methyl sites for hydroxylation is 2. The van der Waals surface area contributed by atoms with Gasteiger partial charge >= 0.3 is 0 Å². The highest BCUT2D eigenvalue weighted by Gasteiger charge is 2.19. The lowest BCUT2D eigenvalue weighted by atomic mass is 10.0. The molecule has 2 rings (SSSR count). The minimum absolute atomic E-state index is 0.725. The second-order valence-corrected chi connectivity index (χ2v) is 5.40. The molecule has 0 unspecified atom stereocenters. The molecule has 0 saturated carbocycles. The van der Waals surface area contributed by atoms with E-state index >= 15 is 0 Å². The highest BCUT2D eigenvalue weighted by Crippen LogP contribution is 2.15. The molecule has 0 aliphatic carbocycles. The summed E-state index contributed by atoms with van der Waals surface area (Å²) < 4.78 is 2.16. The summed E-state index contributed by atoms with van der Waals surface area (Å²) in [5, 5.41) is 8.20. The fourth-order valence-corrected chi connectivity index (χ4v) is 2.90. The monoisotopic (exact) mass is 264 g/mol. The zero-order valence-electron chi connectivity index (χ0n) is 12.7. The van der Waals surface area contributed by atoms with E-state index in [4.69, 9.17) is 0 Å². The zero-order chi connectivity index (χ0) is 13.7. The maximum absolute atomic E-state index is 4.63. The number of hydrogen-bond donors (Lipinski definition) is 1. The molecule has 4 heteroatoms. The Balaban J connectivity index is 1.89. The van der Waals surface area contributed by atoms with E-state index in [-0.39, 0.29) is 0 Å². The SMILES string of the molecule is CCNC1CCN(Cc2cc(CC)nn2CC)CC1. The fraction of sp³-hybridized carbons (Fsp3) is 0.800. The summed E-state index contributed by atoms with van der Waals surface area (Å²) in [6.07, 6.45) is 3.58. The molecule has 0 bridgehead atoms. The number of hydrogen-bond acceptors (Lipinski definition) is 3. The Morgan fingerprint density at radius 3 is 2.58 bits per heavy atom. The van der Waals surface area contributed by atoms with Gasteiger partial charge in [0.05, 0.1) is 11.4 Å². The average molecular weight is 264 g/mol. The molecule has 1 N–H and O–H groups in total. The van der Waals surface area contributed by atoms with Crippen LogP contribution >= 0.6 is 0 Å². The van der Waals surface area contributed by atoms with Crippen molar-refractivity contribution in [1.82, 2.24) is 20.0 Å². The van der Waals surface area contributed by atoms with Gasteiger partial charge < -0.3 is 5.32 Å². The van der Waals surface area contributed by atoms with Crippen molar-refractivity contribution >= 4 is 0 Å². The van der Waals surface area contributed by atoms with Gasteiger partial charge in [-0.1, -0.05) is 13.8 Å². The van der Waals surface area contributed by atoms with Gasteiger partial charge in [-0.3, -0.25) is 9.58 Å². The molecule has 108 valence electrons. The van der Waals surface area contributed by atoms with Crippen LogP contribution in [-0.2, 0) is 19.5 Å². The molecule has 2 heterocycles. The molecule has 0 amide bonds. The summed E-state index contributed by atoms with van der Waals surface area (Å²) >= 11 is 0. The van der Waals surface area contributed by atoms with Gasteiger partial charge in [0.15, 0.2) is 0 Å². The van der Waals surface area contributed by atoms with Crippen LogP contribution in [0.3, 0.4) is 0 Å². The minimum Gasteiger partial charge on any atom is -0.314 e. The van der Waals surface area contributed by atoms with Crippen molar-refractivity contribution in [1.29, 1.82) is 0 Å². The molecule has 0 aromatic carbocycles. The van der Waals surface area contributed by atoms with Gasteiger partial charge in [0.25, 0.3) is 0 Å². The lowest BCUT2D eigenvalue weighted by molar-refractivity contribution is 0.187. The maximum atomic E-state index is 4.63. The Morgan fingerprint density at radius 2 is 2.00 bits per heavy atom. The van der Waals surface area contributed by atoms with E-state index in [1.54, 1.807) is 0 Å². The molecular weight excluding hydrogens is 236 g/mol. The van der Waals surface area contributed by atoms with Crippen molar-refractivity contribution in [2.45, 2.75) is 59.2 Å². The van der Waals surface area contributed by atoms with E-state index in [0.717, 1.165) is 32.1 Å². The first-order valence-corrected chi connectivity index (χ1v) is 7.78. The Morgan fingerprint density at radius 1 is 1.26 bits per heavy atom. The maximum Gasteiger partial charge on any atom is 0.0625 e. The van der Waals surface area contributed by atoms with Crippen LogP contribution in [0.1, 0.15) is 45.0 Å². The third kappa shape index (κ3) is 3.80. The van der Waals surface area contributed by atoms with Crippen molar-refractivity contribution < 1.29 is 0 Å². The first-order chi connectivity index (χ1) is 9.26. The van der Waals surface area contributed by atoms with Crippen molar-refractivity contribution in [3.05, 3.63) is 17.5 Å². The third-order valence-electron chi connectivity index (χ3n) is 4.04. The molecule has 1 aliphatic rings. The molecule has 19 heavy (non-hydrogen) atoms. The van der Waals surface area contributed by atoms with E-state index in [9.17, 15) is 0 Å². The molecule has 1 aromatic heterocycles. The average Bonchev–Trinajstić information content (AvgIpc) is 2.83. The smallest absolute Gasteiger partial charge is 0.0625 e. The fourth-order valence-electron chi connectivity index (χ4n) is 2.90. The van der Waals surface area contributed by atoms with Crippen molar-refractivity contribution in [3.8, 4) is 0 Å². The van der Waals surface area contributed by atoms with Crippen LogP contribution in [0.15, 0.2) is 6.07 Å². The van der Waals surface area contributed by atoms with Gasteiger partial charge in [0.1, 0.15) is 0 Å². The summed E-state index contributed by atoms with van der Waals surface area (Å²) in [5.41, 5.74) is 2.60. The van der Waals surface area contributed by atoms with Crippen molar-refractivity contribution in [3.63, 3.8) is 0 Å². The quantitative estimate of drug-likeness (QED) is 0.853. The Labute approximate surface area is 117 Å². The number of nitrogens with one attached hydrogen (secondary N) is 1. The molecule has 1 aliphatic heterocycles. The second kappa shape index (κ2) is 7.06. The molecule has 0 radical (unpaired) electrons. The van der Waals surface area contributed by atoms with Crippen molar-refractivity contribution in [2.75, 3.05) is 19.6 Å². The molecular formula is C15H28N4. The zero-order valence-corrected chi connectivity index (χ0v) is 12.7. The predicted octanol–water partition coefficient (Wildman–Crippen LogP) is 2.04. The van der Waals surface area contributed by atoms with E-state index < -0.39 is 0 Å². The van der Waals surface area contributed by atoms with Gasteiger partial charge in [0, 0.05) is 32.2 Å². The molecule has 1 saturated heterocycles. The van der Waals surface area contributed by atoms with Crippen LogP contribution < -0.4 is 5.32 Å². The molecule has 0 spiro atoms. The van der Waals surface area contributed by atoms with Gasteiger partial charge in [0.2, 0.25) is 0 Å². The molecule has 1 aromatic rings. The van der Waals surface area contributed by atoms with E-state index in [2.05, 4.69) is 46.8 Å². The van der Waals surface area contributed by atoms with Crippen LogP contribution in [-0.4, -0.2) is 40.4 Å². The van der Waals surface area contributed by atoms with Gasteiger partial charge in [-0.25, -0.2) is 0 Å². The Kier molecular flexibility index (Phi) is 5.40. The lowest BCUT2D eigenvalue weighted by Crippen LogP contribution is -2.42. The van der Waals surface area contributed by atoms with E-state index in [1.165, 1.54) is 37.3 Å². The predicted molar refractivity (Wildman–Crippen MR) is 79.3 cm³/mol. The van der Waals surface area contributed by atoms with E-state index in [1.807, 2.05) is 0 Å². The molecule has 0 atom stereocenters. The Hall–Kier alpha value is -0.870. The first kappa shape index (κ1) is 14.5.